The van der Waals surface area contributed by atoms with Crippen molar-refractivity contribution in [3.63, 3.8) is 0 Å². The maximum atomic E-state index is 12.5. The fraction of sp³-hybridized carbons (Fsp3) is 0.312. The zero-order valence-corrected chi connectivity index (χ0v) is 13.6. The standard InChI is InChI=1S/C16H16ClN3O3/c1-3-6-23-16(22)14-13-8-19(2)15(21)11-7-10(17)4-5-12(11)20(13)9-18-14/h4-5,7,9H,3,6,8H2,1-2H3. The highest BCUT2D eigenvalue weighted by atomic mass is 35.5. The van der Waals surface area contributed by atoms with Crippen molar-refractivity contribution in [1.82, 2.24) is 14.5 Å². The van der Waals surface area contributed by atoms with Gasteiger partial charge in [-0.05, 0) is 24.6 Å². The average Bonchev–Trinajstić information content (AvgIpc) is 2.91. The number of imidazole rings is 1. The molecule has 0 aliphatic carbocycles. The molecule has 0 unspecified atom stereocenters. The van der Waals surface area contributed by atoms with Crippen LogP contribution >= 0.6 is 11.6 Å². The quantitative estimate of drug-likeness (QED) is 0.810. The van der Waals surface area contributed by atoms with Crippen molar-refractivity contribution < 1.29 is 14.3 Å². The summed E-state index contributed by atoms with van der Waals surface area (Å²) in [6, 6.07) is 5.08. The Morgan fingerprint density at radius 3 is 2.96 bits per heavy atom. The van der Waals surface area contributed by atoms with E-state index >= 15 is 0 Å². The van der Waals surface area contributed by atoms with E-state index in [1.54, 1.807) is 29.8 Å². The van der Waals surface area contributed by atoms with Gasteiger partial charge >= 0.3 is 5.97 Å². The number of amides is 1. The van der Waals surface area contributed by atoms with E-state index in [0.717, 1.165) is 6.42 Å². The predicted molar refractivity (Wildman–Crippen MR) is 84.9 cm³/mol. The van der Waals surface area contributed by atoms with Crippen molar-refractivity contribution in [1.29, 1.82) is 0 Å². The van der Waals surface area contributed by atoms with Crippen LogP contribution in [-0.2, 0) is 11.3 Å². The molecule has 1 aliphatic heterocycles. The molecule has 23 heavy (non-hydrogen) atoms. The molecule has 1 amide bonds. The van der Waals surface area contributed by atoms with Crippen LogP contribution in [0.2, 0.25) is 5.02 Å². The number of hydrogen-bond donors (Lipinski definition) is 0. The highest BCUT2D eigenvalue weighted by molar-refractivity contribution is 6.31. The molecule has 0 bridgehead atoms. The Morgan fingerprint density at radius 1 is 1.43 bits per heavy atom. The minimum Gasteiger partial charge on any atom is -0.461 e. The van der Waals surface area contributed by atoms with Crippen molar-refractivity contribution in [2.45, 2.75) is 19.9 Å². The number of hydrogen-bond acceptors (Lipinski definition) is 4. The van der Waals surface area contributed by atoms with E-state index in [4.69, 9.17) is 16.3 Å². The van der Waals surface area contributed by atoms with Crippen molar-refractivity contribution >= 4 is 23.5 Å². The van der Waals surface area contributed by atoms with Crippen LogP contribution in [0, 0.1) is 0 Å². The van der Waals surface area contributed by atoms with Gasteiger partial charge in [0.15, 0.2) is 5.69 Å². The lowest BCUT2D eigenvalue weighted by molar-refractivity contribution is 0.0494. The Kier molecular flexibility index (Phi) is 4.09. The van der Waals surface area contributed by atoms with Gasteiger partial charge < -0.3 is 9.64 Å². The van der Waals surface area contributed by atoms with Crippen LogP contribution in [0.3, 0.4) is 0 Å². The lowest BCUT2D eigenvalue weighted by atomic mass is 10.1. The minimum absolute atomic E-state index is 0.154. The summed E-state index contributed by atoms with van der Waals surface area (Å²) >= 11 is 6.01. The number of esters is 1. The summed E-state index contributed by atoms with van der Waals surface area (Å²) in [4.78, 5) is 30.4. The van der Waals surface area contributed by atoms with Gasteiger partial charge in [0.25, 0.3) is 5.91 Å². The molecule has 0 fully saturated rings. The molecule has 1 aromatic carbocycles. The highest BCUT2D eigenvalue weighted by Gasteiger charge is 2.29. The van der Waals surface area contributed by atoms with E-state index in [1.165, 1.54) is 11.2 Å². The number of halogens is 1. The Bertz CT molecular complexity index is 785. The Balaban J connectivity index is 2.12. The van der Waals surface area contributed by atoms with Gasteiger partial charge in [-0.1, -0.05) is 18.5 Å². The number of carbonyl (C=O) groups is 2. The molecule has 120 valence electrons. The number of nitrogens with zero attached hydrogens (tertiary/aromatic N) is 3. The first-order valence-electron chi connectivity index (χ1n) is 7.31. The van der Waals surface area contributed by atoms with Crippen LogP contribution in [-0.4, -0.2) is 40.0 Å². The largest absolute Gasteiger partial charge is 0.461 e. The predicted octanol–water partition coefficient (Wildman–Crippen LogP) is 2.68. The molecule has 0 atom stereocenters. The Morgan fingerprint density at radius 2 is 2.22 bits per heavy atom. The van der Waals surface area contributed by atoms with Crippen molar-refractivity contribution in [3.8, 4) is 5.69 Å². The number of carbonyl (C=O) groups excluding carboxylic acids is 2. The lowest BCUT2D eigenvalue weighted by Crippen LogP contribution is -2.26. The number of rotatable bonds is 3. The van der Waals surface area contributed by atoms with Crippen molar-refractivity contribution in [2.75, 3.05) is 13.7 Å². The Labute approximate surface area is 138 Å². The summed E-state index contributed by atoms with van der Waals surface area (Å²) in [6.07, 6.45) is 2.28. The third kappa shape index (κ3) is 2.70. The van der Waals surface area contributed by atoms with Gasteiger partial charge in [0.05, 0.1) is 30.1 Å². The second kappa shape index (κ2) is 6.04. The molecule has 7 heteroatoms. The van der Waals surface area contributed by atoms with Crippen molar-refractivity contribution in [2.24, 2.45) is 0 Å². The van der Waals surface area contributed by atoms with Crippen LogP contribution in [0.25, 0.3) is 5.69 Å². The first kappa shape index (κ1) is 15.6. The molecular weight excluding hydrogens is 318 g/mol. The molecule has 3 rings (SSSR count). The van der Waals surface area contributed by atoms with Crippen LogP contribution in [0.5, 0.6) is 0 Å². The molecule has 0 saturated heterocycles. The third-order valence-electron chi connectivity index (χ3n) is 3.68. The van der Waals surface area contributed by atoms with Crippen LogP contribution in [0.15, 0.2) is 24.5 Å². The molecule has 0 radical (unpaired) electrons. The summed E-state index contributed by atoms with van der Waals surface area (Å²) in [7, 11) is 1.68. The summed E-state index contributed by atoms with van der Waals surface area (Å²) in [6.45, 7) is 2.53. The fourth-order valence-electron chi connectivity index (χ4n) is 2.56. The Hall–Kier alpha value is -2.34. The number of aromatic nitrogens is 2. The first-order chi connectivity index (χ1) is 11.0. The maximum Gasteiger partial charge on any atom is 0.358 e. The smallest absolute Gasteiger partial charge is 0.358 e. The fourth-order valence-corrected chi connectivity index (χ4v) is 2.73. The van der Waals surface area contributed by atoms with E-state index in [-0.39, 0.29) is 18.1 Å². The minimum atomic E-state index is -0.473. The maximum absolute atomic E-state index is 12.5. The molecule has 2 aromatic rings. The highest BCUT2D eigenvalue weighted by Crippen LogP contribution is 2.28. The van der Waals surface area contributed by atoms with Gasteiger partial charge in [0.1, 0.15) is 6.33 Å². The van der Waals surface area contributed by atoms with E-state index in [1.807, 2.05) is 6.92 Å². The van der Waals surface area contributed by atoms with Gasteiger partial charge in [0, 0.05) is 12.1 Å². The van der Waals surface area contributed by atoms with Gasteiger partial charge in [-0.3, -0.25) is 9.36 Å². The lowest BCUT2D eigenvalue weighted by Gasteiger charge is -2.14. The monoisotopic (exact) mass is 333 g/mol. The van der Waals surface area contributed by atoms with E-state index < -0.39 is 5.97 Å². The van der Waals surface area contributed by atoms with Crippen molar-refractivity contribution in [3.05, 3.63) is 46.5 Å². The van der Waals surface area contributed by atoms with Gasteiger partial charge in [0.2, 0.25) is 0 Å². The van der Waals surface area contributed by atoms with Crippen LogP contribution in [0.1, 0.15) is 39.9 Å². The summed E-state index contributed by atoms with van der Waals surface area (Å²) < 4.78 is 6.92. The van der Waals surface area contributed by atoms with Gasteiger partial charge in [-0.25, -0.2) is 9.78 Å². The average molecular weight is 334 g/mol. The topological polar surface area (TPSA) is 64.4 Å². The number of ether oxygens (including phenoxy) is 1. The molecule has 1 aliphatic rings. The van der Waals surface area contributed by atoms with Crippen LogP contribution < -0.4 is 0 Å². The normalized spacial score (nSPS) is 13.3. The second-order valence-electron chi connectivity index (χ2n) is 5.37. The zero-order valence-electron chi connectivity index (χ0n) is 12.9. The SMILES string of the molecule is CCCOC(=O)c1ncn2c1CN(C)C(=O)c1cc(Cl)ccc1-2. The summed E-state index contributed by atoms with van der Waals surface area (Å²) in [5.74, 6) is -0.627. The molecule has 1 aromatic heterocycles. The zero-order chi connectivity index (χ0) is 16.6. The summed E-state index contributed by atoms with van der Waals surface area (Å²) in [5, 5.41) is 0.483. The molecular formula is C16H16ClN3O3. The van der Waals surface area contributed by atoms with E-state index in [2.05, 4.69) is 4.98 Å². The number of fused-ring (bicyclic) bond motifs is 3. The van der Waals surface area contributed by atoms with E-state index in [0.29, 0.717) is 28.6 Å². The third-order valence-corrected chi connectivity index (χ3v) is 3.91. The van der Waals surface area contributed by atoms with E-state index in [9.17, 15) is 9.59 Å². The molecule has 0 N–H and O–H groups in total. The van der Waals surface area contributed by atoms with Crippen LogP contribution in [0.4, 0.5) is 0 Å². The van der Waals surface area contributed by atoms with Gasteiger partial charge in [-0.15, -0.1) is 0 Å². The second-order valence-corrected chi connectivity index (χ2v) is 5.80. The molecule has 6 nitrogen and oxygen atoms in total. The van der Waals surface area contributed by atoms with Gasteiger partial charge in [-0.2, -0.15) is 0 Å². The molecule has 2 heterocycles. The summed E-state index contributed by atoms with van der Waals surface area (Å²) in [5.41, 5.74) is 1.99. The molecule has 0 spiro atoms. The number of benzene rings is 1. The molecule has 0 saturated carbocycles. The first-order valence-corrected chi connectivity index (χ1v) is 7.69.